The van der Waals surface area contributed by atoms with E-state index in [2.05, 4.69) is 53.2 Å². The molecule has 0 bridgehead atoms. The Morgan fingerprint density at radius 1 is 1.23 bits per heavy atom. The number of nitrogen functional groups attached to an aromatic ring is 1. The van der Waals surface area contributed by atoms with Crippen LogP contribution >= 0.6 is 0 Å². The summed E-state index contributed by atoms with van der Waals surface area (Å²) in [5.74, 6) is -0.540. The van der Waals surface area contributed by atoms with Gasteiger partial charge in [-0.15, -0.1) is 0 Å². The van der Waals surface area contributed by atoms with Gasteiger partial charge in [0.15, 0.2) is 17.3 Å². The van der Waals surface area contributed by atoms with Gasteiger partial charge in [0.25, 0.3) is 0 Å². The van der Waals surface area contributed by atoms with Crippen LogP contribution in [-0.2, 0) is 36.6 Å². The lowest BCUT2D eigenvalue weighted by Crippen LogP contribution is -2.46. The number of nitrogens with zero attached hydrogens (tertiary/aromatic N) is 5. The number of anilines is 1. The van der Waals surface area contributed by atoms with E-state index in [1.54, 1.807) is 6.33 Å². The van der Waals surface area contributed by atoms with Gasteiger partial charge >= 0.3 is 6.09 Å². The Bertz CT molecular complexity index is 1350. The zero-order valence-corrected chi connectivity index (χ0v) is 24.0. The number of nitrogens with one attached hydrogen (secondary N) is 1. The number of amides is 1. The summed E-state index contributed by atoms with van der Waals surface area (Å²) in [6.07, 6.45) is 1.88. The number of hydrogen-bond acceptors (Lipinski definition) is 10. The molecule has 1 amide bonds. The van der Waals surface area contributed by atoms with Crippen LogP contribution in [0.15, 0.2) is 36.9 Å². The number of rotatable bonds is 8. The molecule has 5 rings (SSSR count). The maximum atomic E-state index is 12.3. The number of imidazole rings is 1. The van der Waals surface area contributed by atoms with Crippen molar-refractivity contribution < 1.29 is 23.7 Å². The molecular formula is C28H39N7O5. The molecule has 0 saturated carbocycles. The molecule has 2 aliphatic rings. The first-order chi connectivity index (χ1) is 18.9. The molecule has 2 aliphatic heterocycles. The van der Waals surface area contributed by atoms with Crippen molar-refractivity contribution in [1.82, 2.24) is 29.7 Å². The van der Waals surface area contributed by atoms with Gasteiger partial charge in [-0.05, 0) is 37.4 Å². The van der Waals surface area contributed by atoms with Crippen LogP contribution in [-0.4, -0.2) is 81.9 Å². The molecule has 3 N–H and O–H groups in total. The number of aromatic nitrogens is 4. The normalized spacial score (nSPS) is 24.0. The highest BCUT2D eigenvalue weighted by Crippen LogP contribution is 2.47. The second kappa shape index (κ2) is 10.6. The van der Waals surface area contributed by atoms with Crippen molar-refractivity contribution in [2.24, 2.45) is 0 Å². The van der Waals surface area contributed by atoms with E-state index in [0.717, 1.165) is 5.56 Å². The molecule has 216 valence electrons. The van der Waals surface area contributed by atoms with Gasteiger partial charge in [0.2, 0.25) is 5.72 Å². The van der Waals surface area contributed by atoms with Crippen molar-refractivity contribution in [3.63, 3.8) is 0 Å². The van der Waals surface area contributed by atoms with Gasteiger partial charge in [-0.2, -0.15) is 0 Å². The maximum absolute atomic E-state index is 12.3. The third-order valence-electron chi connectivity index (χ3n) is 7.34. The molecule has 2 fully saturated rings. The third-order valence-corrected chi connectivity index (χ3v) is 7.34. The lowest BCUT2D eigenvalue weighted by Gasteiger charge is -2.29. The molecule has 1 aromatic carbocycles. The van der Waals surface area contributed by atoms with Crippen molar-refractivity contribution >= 4 is 23.1 Å². The van der Waals surface area contributed by atoms with E-state index in [0.29, 0.717) is 36.6 Å². The van der Waals surface area contributed by atoms with E-state index >= 15 is 0 Å². The van der Waals surface area contributed by atoms with E-state index in [-0.39, 0.29) is 24.7 Å². The minimum Gasteiger partial charge on any atom is -0.448 e. The maximum Gasteiger partial charge on any atom is 0.407 e. The van der Waals surface area contributed by atoms with Gasteiger partial charge in [0.05, 0.1) is 12.9 Å². The Kier molecular flexibility index (Phi) is 7.47. The Balaban J connectivity index is 1.14. The molecule has 0 spiro atoms. The smallest absolute Gasteiger partial charge is 0.407 e. The first-order valence-corrected chi connectivity index (χ1v) is 13.5. The molecule has 3 aromatic rings. The van der Waals surface area contributed by atoms with Crippen molar-refractivity contribution in [3.05, 3.63) is 48.0 Å². The predicted octanol–water partition coefficient (Wildman–Crippen LogP) is 2.77. The van der Waals surface area contributed by atoms with E-state index in [9.17, 15) is 4.79 Å². The fraction of sp³-hybridized carbons (Fsp3) is 0.571. The first kappa shape index (κ1) is 28.2. The third kappa shape index (κ3) is 5.62. The van der Waals surface area contributed by atoms with E-state index in [4.69, 9.17) is 24.7 Å². The first-order valence-electron chi connectivity index (χ1n) is 13.5. The van der Waals surface area contributed by atoms with Gasteiger partial charge in [-0.25, -0.2) is 19.7 Å². The highest BCUT2D eigenvalue weighted by atomic mass is 16.8. The molecule has 0 radical (unpaired) electrons. The average Bonchev–Trinajstić information content (AvgIpc) is 3.53. The quantitative estimate of drug-likeness (QED) is 0.428. The van der Waals surface area contributed by atoms with Crippen molar-refractivity contribution in [1.29, 1.82) is 0 Å². The molecule has 0 aliphatic carbocycles. The lowest BCUT2D eigenvalue weighted by atomic mass is 9.87. The van der Waals surface area contributed by atoms with Crippen molar-refractivity contribution in [2.45, 2.75) is 70.3 Å². The highest BCUT2D eigenvalue weighted by molar-refractivity contribution is 5.81. The van der Waals surface area contributed by atoms with Gasteiger partial charge in [0, 0.05) is 19.6 Å². The van der Waals surface area contributed by atoms with Crippen LogP contribution < -0.4 is 11.1 Å². The molecule has 12 nitrogen and oxygen atoms in total. The lowest BCUT2D eigenvalue weighted by molar-refractivity contribution is -0.205. The van der Waals surface area contributed by atoms with Gasteiger partial charge in [-0.1, -0.05) is 45.0 Å². The Morgan fingerprint density at radius 2 is 1.98 bits per heavy atom. The Hall–Kier alpha value is -3.32. The summed E-state index contributed by atoms with van der Waals surface area (Å²) >= 11 is 0. The molecule has 4 heterocycles. The second-order valence-electron chi connectivity index (χ2n) is 12.0. The van der Waals surface area contributed by atoms with Crippen LogP contribution in [0.25, 0.3) is 11.2 Å². The van der Waals surface area contributed by atoms with Crippen LogP contribution in [0.2, 0.25) is 0 Å². The van der Waals surface area contributed by atoms with E-state index < -0.39 is 23.7 Å². The SMILES string of the molecule is CN(CCOC(=O)NCc1ccc(C(C)(C)C)cc1)C[C@H]1OC[C@@]2(n3cnc4c(N)ncnc43)OC(C)(C)O[C@H]12. The van der Waals surface area contributed by atoms with Crippen LogP contribution in [0.3, 0.4) is 0 Å². The summed E-state index contributed by atoms with van der Waals surface area (Å²) in [6, 6.07) is 8.24. The van der Waals surface area contributed by atoms with Crippen LogP contribution in [0, 0.1) is 0 Å². The second-order valence-corrected chi connectivity index (χ2v) is 12.0. The zero-order chi connectivity index (χ0) is 28.7. The number of carbonyl (C=O) groups is 1. The Morgan fingerprint density at radius 3 is 2.70 bits per heavy atom. The number of carbonyl (C=O) groups excluding carboxylic acids is 1. The largest absolute Gasteiger partial charge is 0.448 e. The van der Waals surface area contributed by atoms with Crippen molar-refractivity contribution in [2.75, 3.05) is 39.1 Å². The minimum atomic E-state index is -0.952. The van der Waals surface area contributed by atoms with Crippen LogP contribution in [0.1, 0.15) is 45.7 Å². The summed E-state index contributed by atoms with van der Waals surface area (Å²) in [4.78, 5) is 27.1. The zero-order valence-electron chi connectivity index (χ0n) is 24.0. The number of fused-ring (bicyclic) bond motifs is 2. The number of alkyl carbamates (subject to hydrolysis) is 1. The number of benzene rings is 1. The number of nitrogens with two attached hydrogens (primary N) is 1. The molecule has 2 aromatic heterocycles. The molecule has 0 unspecified atom stereocenters. The van der Waals surface area contributed by atoms with Crippen LogP contribution in [0.5, 0.6) is 0 Å². The molecule has 3 atom stereocenters. The molecule has 2 saturated heterocycles. The number of likely N-dealkylation sites (N-methyl/N-ethyl adjacent to an activating group) is 1. The fourth-order valence-corrected chi connectivity index (χ4v) is 5.27. The van der Waals surface area contributed by atoms with E-state index in [1.165, 1.54) is 11.9 Å². The van der Waals surface area contributed by atoms with Crippen LogP contribution in [0.4, 0.5) is 10.6 Å². The topological polar surface area (TPSA) is 139 Å². The van der Waals surface area contributed by atoms with Gasteiger partial charge in [0.1, 0.15) is 30.7 Å². The molecule has 40 heavy (non-hydrogen) atoms. The monoisotopic (exact) mass is 553 g/mol. The summed E-state index contributed by atoms with van der Waals surface area (Å²) in [6.45, 7) is 12.2. The predicted molar refractivity (Wildman–Crippen MR) is 148 cm³/mol. The molecular weight excluding hydrogens is 514 g/mol. The van der Waals surface area contributed by atoms with E-state index in [1.807, 2.05) is 42.5 Å². The minimum absolute atomic E-state index is 0.0897. The summed E-state index contributed by atoms with van der Waals surface area (Å²) < 4.78 is 26.2. The summed E-state index contributed by atoms with van der Waals surface area (Å²) in [7, 11) is 1.95. The Labute approximate surface area is 234 Å². The highest BCUT2D eigenvalue weighted by Gasteiger charge is 2.63. The fourth-order valence-electron chi connectivity index (χ4n) is 5.27. The van der Waals surface area contributed by atoms with Gasteiger partial charge < -0.3 is 34.9 Å². The summed E-state index contributed by atoms with van der Waals surface area (Å²) in [5, 5.41) is 2.81. The van der Waals surface area contributed by atoms with Crippen molar-refractivity contribution in [3.8, 4) is 0 Å². The summed E-state index contributed by atoms with van der Waals surface area (Å²) in [5.41, 5.74) is 8.47. The standard InChI is InChI=1S/C28H39N7O5/c1-26(2,3)19-9-7-18(8-10-19)13-30-25(36)37-12-11-34(6)14-20-22-28(15-38-20,40-27(4,5)39-22)35-17-33-21-23(29)31-16-32-24(21)35/h7-10,16-17,20,22H,11-15H2,1-6H3,(H,30,36)(H2,29,31,32)/t20-,22-,28-/m1/s1. The number of hydrogen-bond donors (Lipinski definition) is 2. The average molecular weight is 554 g/mol. The number of ether oxygens (including phenoxy) is 4. The molecule has 12 heteroatoms. The van der Waals surface area contributed by atoms with Gasteiger partial charge in [-0.3, -0.25) is 4.57 Å².